The van der Waals surface area contributed by atoms with E-state index in [2.05, 4.69) is 5.32 Å². The second kappa shape index (κ2) is 8.32. The Kier molecular flexibility index (Phi) is 6.73. The Hall–Kier alpha value is -1.88. The maximum absolute atomic E-state index is 11.8. The molecule has 110 valence electrons. The number of carbonyl (C=O) groups excluding carboxylic acids is 1. The van der Waals surface area contributed by atoms with Crippen molar-refractivity contribution in [2.75, 3.05) is 13.2 Å². The van der Waals surface area contributed by atoms with Crippen LogP contribution < -0.4 is 5.32 Å². The number of carbonyl (C=O) groups is 2. The smallest absolute Gasteiger partial charge is 0.305 e. The fraction of sp³-hybridized carbons (Fsp3) is 0.467. The number of ether oxygens (including phenoxy) is 1. The minimum absolute atomic E-state index is 0.134. The van der Waals surface area contributed by atoms with Gasteiger partial charge in [0.1, 0.15) is 0 Å². The molecular formula is C15H21NO4. The molecule has 5 nitrogen and oxygen atoms in total. The van der Waals surface area contributed by atoms with E-state index in [1.165, 1.54) is 0 Å². The Morgan fingerprint density at radius 3 is 2.65 bits per heavy atom. The van der Waals surface area contributed by atoms with Gasteiger partial charge in [0.2, 0.25) is 5.91 Å². The van der Waals surface area contributed by atoms with Crippen LogP contribution in [0.15, 0.2) is 24.3 Å². The third-order valence-electron chi connectivity index (χ3n) is 2.96. The van der Waals surface area contributed by atoms with Gasteiger partial charge in [0.25, 0.3) is 0 Å². The zero-order valence-electron chi connectivity index (χ0n) is 11.9. The van der Waals surface area contributed by atoms with E-state index in [9.17, 15) is 9.59 Å². The van der Waals surface area contributed by atoms with E-state index in [0.717, 1.165) is 11.1 Å². The molecule has 1 atom stereocenters. The van der Waals surface area contributed by atoms with Crippen LogP contribution in [0.1, 0.15) is 36.9 Å². The van der Waals surface area contributed by atoms with Gasteiger partial charge in [0, 0.05) is 13.0 Å². The van der Waals surface area contributed by atoms with E-state index in [1.54, 1.807) is 0 Å². The third-order valence-corrected chi connectivity index (χ3v) is 2.96. The predicted octanol–water partition coefficient (Wildman–Crippen LogP) is 2.05. The highest BCUT2D eigenvalue weighted by atomic mass is 16.5. The molecule has 0 spiro atoms. The monoisotopic (exact) mass is 279 g/mol. The van der Waals surface area contributed by atoms with Crippen LogP contribution in [0.2, 0.25) is 0 Å². The molecule has 0 aromatic heterocycles. The van der Waals surface area contributed by atoms with Crippen LogP contribution in [0, 0.1) is 6.92 Å². The second-order valence-electron chi connectivity index (χ2n) is 4.52. The van der Waals surface area contributed by atoms with Crippen LogP contribution in [0.4, 0.5) is 0 Å². The van der Waals surface area contributed by atoms with E-state index in [0.29, 0.717) is 13.2 Å². The van der Waals surface area contributed by atoms with Crippen molar-refractivity contribution in [3.63, 3.8) is 0 Å². The Morgan fingerprint density at radius 1 is 1.35 bits per heavy atom. The molecule has 0 saturated heterocycles. The van der Waals surface area contributed by atoms with E-state index < -0.39 is 12.0 Å². The molecule has 1 aromatic rings. The lowest BCUT2D eigenvalue weighted by Crippen LogP contribution is -2.31. The second-order valence-corrected chi connectivity index (χ2v) is 4.52. The zero-order chi connectivity index (χ0) is 15.0. The van der Waals surface area contributed by atoms with Crippen molar-refractivity contribution in [2.24, 2.45) is 0 Å². The first kappa shape index (κ1) is 16.2. The molecule has 0 aliphatic rings. The molecule has 5 heteroatoms. The van der Waals surface area contributed by atoms with Gasteiger partial charge in [-0.05, 0) is 25.0 Å². The van der Waals surface area contributed by atoms with Gasteiger partial charge in [-0.1, -0.05) is 24.3 Å². The van der Waals surface area contributed by atoms with Crippen molar-refractivity contribution in [1.29, 1.82) is 0 Å². The Morgan fingerprint density at radius 2 is 2.05 bits per heavy atom. The largest absolute Gasteiger partial charge is 0.481 e. The molecular weight excluding hydrogens is 258 g/mol. The van der Waals surface area contributed by atoms with Crippen molar-refractivity contribution >= 4 is 11.9 Å². The minimum Gasteiger partial charge on any atom is -0.481 e. The summed E-state index contributed by atoms with van der Waals surface area (Å²) < 4.78 is 5.12. The minimum atomic E-state index is -0.941. The molecule has 0 aliphatic carbocycles. The van der Waals surface area contributed by atoms with Crippen LogP contribution in [-0.4, -0.2) is 30.2 Å². The molecule has 1 aromatic carbocycles. The summed E-state index contributed by atoms with van der Waals surface area (Å²) in [7, 11) is 0. The van der Waals surface area contributed by atoms with Crippen molar-refractivity contribution < 1.29 is 19.4 Å². The summed E-state index contributed by atoms with van der Waals surface area (Å²) in [5.74, 6) is -1.14. The maximum atomic E-state index is 11.8. The normalized spacial score (nSPS) is 11.9. The molecule has 0 fully saturated rings. The van der Waals surface area contributed by atoms with Gasteiger partial charge >= 0.3 is 5.97 Å². The quantitative estimate of drug-likeness (QED) is 0.714. The van der Waals surface area contributed by atoms with Crippen LogP contribution in [-0.2, 0) is 14.3 Å². The number of aryl methyl sites for hydroxylation is 1. The molecule has 0 heterocycles. The standard InChI is InChI=1S/C15H21NO4/c1-3-20-9-8-14(17)16-13(10-15(18)19)12-7-5-4-6-11(12)2/h4-7,13H,3,8-10H2,1-2H3,(H,16,17)(H,18,19). The van der Waals surface area contributed by atoms with Crippen molar-refractivity contribution in [2.45, 2.75) is 32.7 Å². The number of benzene rings is 1. The highest BCUT2D eigenvalue weighted by Gasteiger charge is 2.19. The Balaban J connectivity index is 2.72. The summed E-state index contributed by atoms with van der Waals surface area (Å²) in [6.07, 6.45) is 0.0983. The Bertz CT molecular complexity index is 459. The lowest BCUT2D eigenvalue weighted by molar-refractivity contribution is -0.137. The molecule has 0 aliphatic heterocycles. The van der Waals surface area contributed by atoms with Gasteiger partial charge in [0.05, 0.1) is 19.1 Å². The SMILES string of the molecule is CCOCCC(=O)NC(CC(=O)O)c1ccccc1C. The van der Waals surface area contributed by atoms with Crippen LogP contribution in [0.5, 0.6) is 0 Å². The molecule has 0 saturated carbocycles. The highest BCUT2D eigenvalue weighted by Crippen LogP contribution is 2.20. The van der Waals surface area contributed by atoms with Gasteiger partial charge in [0.15, 0.2) is 0 Å². The van der Waals surface area contributed by atoms with E-state index in [-0.39, 0.29) is 18.7 Å². The maximum Gasteiger partial charge on any atom is 0.305 e. The van der Waals surface area contributed by atoms with Gasteiger partial charge in [-0.3, -0.25) is 9.59 Å². The molecule has 20 heavy (non-hydrogen) atoms. The first-order valence-corrected chi connectivity index (χ1v) is 6.69. The van der Waals surface area contributed by atoms with E-state index in [1.807, 2.05) is 38.1 Å². The van der Waals surface area contributed by atoms with Gasteiger partial charge in [-0.25, -0.2) is 0 Å². The highest BCUT2D eigenvalue weighted by molar-refractivity contribution is 5.78. The molecule has 0 radical (unpaired) electrons. The van der Waals surface area contributed by atoms with E-state index >= 15 is 0 Å². The topological polar surface area (TPSA) is 75.6 Å². The average Bonchev–Trinajstić information content (AvgIpc) is 2.38. The molecule has 1 unspecified atom stereocenters. The number of aliphatic carboxylic acids is 1. The first-order valence-electron chi connectivity index (χ1n) is 6.69. The van der Waals surface area contributed by atoms with Crippen molar-refractivity contribution in [1.82, 2.24) is 5.32 Å². The van der Waals surface area contributed by atoms with Crippen molar-refractivity contribution in [3.05, 3.63) is 35.4 Å². The Labute approximate surface area is 118 Å². The summed E-state index contributed by atoms with van der Waals surface area (Å²) >= 11 is 0. The molecule has 1 rings (SSSR count). The van der Waals surface area contributed by atoms with Gasteiger partial charge in [-0.15, -0.1) is 0 Å². The van der Waals surface area contributed by atoms with Gasteiger partial charge in [-0.2, -0.15) is 0 Å². The molecule has 1 amide bonds. The number of hydrogen-bond acceptors (Lipinski definition) is 3. The zero-order valence-corrected chi connectivity index (χ0v) is 11.9. The molecule has 2 N–H and O–H groups in total. The summed E-state index contributed by atoms with van der Waals surface area (Å²) in [5.41, 5.74) is 1.79. The number of nitrogens with one attached hydrogen (secondary N) is 1. The van der Waals surface area contributed by atoms with Gasteiger partial charge < -0.3 is 15.2 Å². The first-order chi connectivity index (χ1) is 9.54. The van der Waals surface area contributed by atoms with Crippen LogP contribution in [0.3, 0.4) is 0 Å². The summed E-state index contributed by atoms with van der Waals surface area (Å²) in [5, 5.41) is 11.8. The van der Waals surface area contributed by atoms with Crippen LogP contribution >= 0.6 is 0 Å². The average molecular weight is 279 g/mol. The summed E-state index contributed by atoms with van der Waals surface area (Å²) in [4.78, 5) is 22.8. The summed E-state index contributed by atoms with van der Waals surface area (Å²) in [6, 6.07) is 6.95. The number of amides is 1. The predicted molar refractivity (Wildman–Crippen MR) is 75.4 cm³/mol. The fourth-order valence-electron chi connectivity index (χ4n) is 1.97. The summed E-state index contributed by atoms with van der Waals surface area (Å²) in [6.45, 7) is 4.66. The molecule has 0 bridgehead atoms. The lowest BCUT2D eigenvalue weighted by atomic mass is 9.98. The van der Waals surface area contributed by atoms with E-state index in [4.69, 9.17) is 9.84 Å². The lowest BCUT2D eigenvalue weighted by Gasteiger charge is -2.19. The van der Waals surface area contributed by atoms with Crippen LogP contribution in [0.25, 0.3) is 0 Å². The number of rotatable bonds is 8. The third kappa shape index (κ3) is 5.40. The fourth-order valence-corrected chi connectivity index (χ4v) is 1.97. The number of carboxylic acid groups (broad SMARTS) is 1. The number of hydrogen-bond donors (Lipinski definition) is 2. The number of carboxylic acids is 1. The van der Waals surface area contributed by atoms with Crippen molar-refractivity contribution in [3.8, 4) is 0 Å².